The Bertz CT molecular complexity index is 596. The maximum atomic E-state index is 12.6. The summed E-state index contributed by atoms with van der Waals surface area (Å²) in [5.74, 6) is -1.19. The molecule has 6 nitrogen and oxygen atoms in total. The van der Waals surface area contributed by atoms with E-state index in [4.69, 9.17) is 9.84 Å². The second-order valence-corrected chi connectivity index (χ2v) is 6.84. The van der Waals surface area contributed by atoms with E-state index >= 15 is 0 Å². The van der Waals surface area contributed by atoms with E-state index in [0.29, 0.717) is 38.9 Å². The highest BCUT2D eigenvalue weighted by Crippen LogP contribution is 2.38. The van der Waals surface area contributed by atoms with Gasteiger partial charge in [-0.2, -0.15) is 0 Å². The van der Waals surface area contributed by atoms with Crippen LogP contribution in [0.5, 0.6) is 0 Å². The van der Waals surface area contributed by atoms with Crippen molar-refractivity contribution in [3.63, 3.8) is 0 Å². The molecule has 0 bridgehead atoms. The van der Waals surface area contributed by atoms with E-state index < -0.39 is 11.9 Å². The Morgan fingerprint density at radius 2 is 1.96 bits per heavy atom. The van der Waals surface area contributed by atoms with Crippen molar-refractivity contribution < 1.29 is 19.4 Å². The maximum absolute atomic E-state index is 12.6. The van der Waals surface area contributed by atoms with E-state index in [1.54, 1.807) is 4.90 Å². The lowest BCUT2D eigenvalue weighted by molar-refractivity contribution is -0.141. The predicted molar refractivity (Wildman–Crippen MR) is 88.5 cm³/mol. The van der Waals surface area contributed by atoms with Gasteiger partial charge in [0.15, 0.2) is 0 Å². The van der Waals surface area contributed by atoms with E-state index in [0.717, 1.165) is 5.56 Å². The smallest absolute Gasteiger partial charge is 0.320 e. The van der Waals surface area contributed by atoms with E-state index in [9.17, 15) is 9.59 Å². The second kappa shape index (κ2) is 6.81. The highest BCUT2D eigenvalue weighted by atomic mass is 16.5. The van der Waals surface area contributed by atoms with Gasteiger partial charge in [-0.25, -0.2) is 4.79 Å². The third-order valence-corrected chi connectivity index (χ3v) is 5.09. The first-order valence-electron chi connectivity index (χ1n) is 8.40. The standard InChI is InChI=1S/C18H24N2O4/c1-19(12-14-5-3-2-4-6-14)17(23)20-9-7-18(8-10-20)11-15(13-24-18)16(21)22/h2-6,15H,7-13H2,1H3,(H,21,22). The van der Waals surface area contributed by atoms with Crippen molar-refractivity contribution in [1.82, 2.24) is 9.80 Å². The molecule has 2 amide bonds. The number of carboxylic acid groups (broad SMARTS) is 1. The van der Waals surface area contributed by atoms with E-state index in [2.05, 4.69) is 0 Å². The molecule has 0 radical (unpaired) electrons. The molecule has 1 N–H and O–H groups in total. The normalized spacial score (nSPS) is 22.5. The molecule has 1 atom stereocenters. The van der Waals surface area contributed by atoms with Crippen molar-refractivity contribution >= 4 is 12.0 Å². The van der Waals surface area contributed by atoms with Gasteiger partial charge in [0, 0.05) is 26.7 Å². The summed E-state index contributed by atoms with van der Waals surface area (Å²) < 4.78 is 5.81. The molecular formula is C18H24N2O4. The molecule has 2 fully saturated rings. The summed E-state index contributed by atoms with van der Waals surface area (Å²) in [6.45, 7) is 2.10. The average molecular weight is 332 g/mol. The fourth-order valence-electron chi connectivity index (χ4n) is 3.62. The lowest BCUT2D eigenvalue weighted by atomic mass is 9.85. The van der Waals surface area contributed by atoms with E-state index in [1.807, 2.05) is 42.3 Å². The lowest BCUT2D eigenvalue weighted by Gasteiger charge is -2.40. The van der Waals surface area contributed by atoms with Crippen LogP contribution in [0.25, 0.3) is 0 Å². The van der Waals surface area contributed by atoms with Crippen LogP contribution in [0.4, 0.5) is 4.79 Å². The van der Waals surface area contributed by atoms with Gasteiger partial charge in [0.05, 0.1) is 18.1 Å². The molecule has 2 aliphatic rings. The number of urea groups is 1. The van der Waals surface area contributed by atoms with Crippen LogP contribution in [0.1, 0.15) is 24.8 Å². The van der Waals surface area contributed by atoms with Crippen LogP contribution in [0.2, 0.25) is 0 Å². The highest BCUT2D eigenvalue weighted by molar-refractivity contribution is 5.74. The zero-order valence-electron chi connectivity index (χ0n) is 14.0. The number of nitrogens with zero attached hydrogens (tertiary/aromatic N) is 2. The largest absolute Gasteiger partial charge is 0.481 e. The van der Waals surface area contributed by atoms with Crippen molar-refractivity contribution in [3.05, 3.63) is 35.9 Å². The molecule has 0 aromatic heterocycles. The molecule has 2 heterocycles. The summed E-state index contributed by atoms with van der Waals surface area (Å²) in [5, 5.41) is 9.13. The number of rotatable bonds is 3. The molecular weight excluding hydrogens is 308 g/mol. The van der Waals surface area contributed by atoms with Crippen LogP contribution < -0.4 is 0 Å². The van der Waals surface area contributed by atoms with Gasteiger partial charge in [-0.15, -0.1) is 0 Å². The number of carbonyl (C=O) groups excluding carboxylic acids is 1. The molecule has 130 valence electrons. The van der Waals surface area contributed by atoms with Crippen LogP contribution in [-0.4, -0.2) is 59.3 Å². The Kier molecular flexibility index (Phi) is 4.76. The summed E-state index contributed by atoms with van der Waals surface area (Å²) >= 11 is 0. The SMILES string of the molecule is CN(Cc1ccccc1)C(=O)N1CCC2(CC1)CC(C(=O)O)CO2. The number of amides is 2. The first-order chi connectivity index (χ1) is 11.5. The molecule has 24 heavy (non-hydrogen) atoms. The van der Waals surface area contributed by atoms with Gasteiger partial charge in [0.25, 0.3) is 0 Å². The quantitative estimate of drug-likeness (QED) is 0.921. The summed E-state index contributed by atoms with van der Waals surface area (Å²) in [7, 11) is 1.81. The van der Waals surface area contributed by atoms with Crippen molar-refractivity contribution in [2.24, 2.45) is 5.92 Å². The van der Waals surface area contributed by atoms with Crippen LogP contribution in [0.15, 0.2) is 30.3 Å². The maximum Gasteiger partial charge on any atom is 0.320 e. The topological polar surface area (TPSA) is 70.1 Å². The summed E-state index contributed by atoms with van der Waals surface area (Å²) in [5.41, 5.74) is 0.753. The monoisotopic (exact) mass is 332 g/mol. The lowest BCUT2D eigenvalue weighted by Crippen LogP contribution is -2.50. The molecule has 3 rings (SSSR count). The van der Waals surface area contributed by atoms with Crippen molar-refractivity contribution in [1.29, 1.82) is 0 Å². The molecule has 0 saturated carbocycles. The Morgan fingerprint density at radius 1 is 1.29 bits per heavy atom. The Labute approximate surface area is 142 Å². The molecule has 1 aromatic rings. The number of hydrogen-bond acceptors (Lipinski definition) is 3. The van der Waals surface area contributed by atoms with Crippen molar-refractivity contribution in [3.8, 4) is 0 Å². The molecule has 1 unspecified atom stereocenters. The molecule has 6 heteroatoms. The molecule has 2 saturated heterocycles. The minimum absolute atomic E-state index is 0.0153. The van der Waals surface area contributed by atoms with Crippen LogP contribution >= 0.6 is 0 Å². The summed E-state index contributed by atoms with van der Waals surface area (Å²) in [6, 6.07) is 9.92. The number of piperidine rings is 1. The summed E-state index contributed by atoms with van der Waals surface area (Å²) in [4.78, 5) is 27.3. The number of likely N-dealkylation sites (tertiary alicyclic amines) is 1. The van der Waals surface area contributed by atoms with Crippen LogP contribution in [-0.2, 0) is 16.1 Å². The van der Waals surface area contributed by atoms with Gasteiger partial charge in [0.2, 0.25) is 0 Å². The Balaban J connectivity index is 1.53. The number of carboxylic acids is 1. The van der Waals surface area contributed by atoms with Gasteiger partial charge in [-0.3, -0.25) is 4.79 Å². The van der Waals surface area contributed by atoms with E-state index in [1.165, 1.54) is 0 Å². The van der Waals surface area contributed by atoms with Crippen LogP contribution in [0, 0.1) is 5.92 Å². The molecule has 0 aliphatic carbocycles. The molecule has 1 aromatic carbocycles. The molecule has 1 spiro atoms. The van der Waals surface area contributed by atoms with Gasteiger partial charge in [-0.1, -0.05) is 30.3 Å². The average Bonchev–Trinajstić information content (AvgIpc) is 3.00. The fourth-order valence-corrected chi connectivity index (χ4v) is 3.62. The van der Waals surface area contributed by atoms with Gasteiger partial charge in [0.1, 0.15) is 0 Å². The number of carbonyl (C=O) groups is 2. The predicted octanol–water partition coefficient (Wildman–Crippen LogP) is 2.19. The number of benzene rings is 1. The number of aliphatic carboxylic acids is 1. The molecule has 2 aliphatic heterocycles. The zero-order chi connectivity index (χ0) is 17.2. The third kappa shape index (κ3) is 3.53. The highest BCUT2D eigenvalue weighted by Gasteiger charge is 2.45. The van der Waals surface area contributed by atoms with Crippen molar-refractivity contribution in [2.45, 2.75) is 31.4 Å². The first kappa shape index (κ1) is 16.8. The van der Waals surface area contributed by atoms with Gasteiger partial charge < -0.3 is 19.6 Å². The summed E-state index contributed by atoms with van der Waals surface area (Å²) in [6.07, 6.45) is 1.98. The Morgan fingerprint density at radius 3 is 2.54 bits per heavy atom. The number of hydrogen-bond donors (Lipinski definition) is 1. The van der Waals surface area contributed by atoms with Crippen molar-refractivity contribution in [2.75, 3.05) is 26.7 Å². The number of ether oxygens (including phenoxy) is 1. The van der Waals surface area contributed by atoms with Gasteiger partial charge >= 0.3 is 12.0 Å². The first-order valence-corrected chi connectivity index (χ1v) is 8.40. The van der Waals surface area contributed by atoms with E-state index in [-0.39, 0.29) is 18.2 Å². The minimum atomic E-state index is -0.784. The second-order valence-electron chi connectivity index (χ2n) is 6.84. The zero-order valence-corrected chi connectivity index (χ0v) is 14.0. The fraction of sp³-hybridized carbons (Fsp3) is 0.556. The Hall–Kier alpha value is -2.08. The van der Waals surface area contributed by atoms with Gasteiger partial charge in [-0.05, 0) is 24.8 Å². The van der Waals surface area contributed by atoms with Crippen LogP contribution in [0.3, 0.4) is 0 Å². The minimum Gasteiger partial charge on any atom is -0.481 e. The third-order valence-electron chi connectivity index (χ3n) is 5.09.